The van der Waals surface area contributed by atoms with Crippen molar-refractivity contribution < 1.29 is 9.59 Å². The Morgan fingerprint density at radius 2 is 1.77 bits per heavy atom. The molecule has 3 N–H and O–H groups in total. The number of benzene rings is 1. The maximum Gasteiger partial charge on any atom is 0.240 e. The number of carbonyl (C=O) groups is 2. The molecule has 0 bridgehead atoms. The molecule has 22 heavy (non-hydrogen) atoms. The summed E-state index contributed by atoms with van der Waals surface area (Å²) >= 11 is 0. The van der Waals surface area contributed by atoms with Crippen LogP contribution in [-0.4, -0.2) is 17.9 Å². The molecule has 1 aromatic rings. The number of hydrogen-bond acceptors (Lipinski definition) is 2. The monoisotopic (exact) mass is 304 g/mol. The first-order valence-corrected chi connectivity index (χ1v) is 7.86. The van der Waals surface area contributed by atoms with E-state index in [0.29, 0.717) is 12.8 Å². The van der Waals surface area contributed by atoms with Crippen LogP contribution in [0.25, 0.3) is 0 Å². The molecule has 4 nitrogen and oxygen atoms in total. The lowest BCUT2D eigenvalue weighted by Crippen LogP contribution is -2.46. The Morgan fingerprint density at radius 3 is 2.23 bits per heavy atom. The van der Waals surface area contributed by atoms with Crippen LogP contribution in [0.2, 0.25) is 0 Å². The lowest BCUT2D eigenvalue weighted by Gasteiger charge is -2.25. The standard InChI is InChI=1S/C18H28N2O2/c1-5-13(14-9-7-6-8-10-14)11-16(21)20-15(17(19)22)12-18(2,3)4/h6-10,13,15H,5,11-12H2,1-4H3,(H2,19,22)(H,20,21). The Balaban J connectivity index is 2.68. The first-order valence-electron chi connectivity index (χ1n) is 7.86. The second kappa shape index (κ2) is 7.97. The van der Waals surface area contributed by atoms with Gasteiger partial charge in [0.05, 0.1) is 0 Å². The summed E-state index contributed by atoms with van der Waals surface area (Å²) in [4.78, 5) is 23.8. The molecule has 0 heterocycles. The predicted octanol–water partition coefficient (Wildman–Crippen LogP) is 2.98. The van der Waals surface area contributed by atoms with Gasteiger partial charge in [-0.2, -0.15) is 0 Å². The van der Waals surface area contributed by atoms with Gasteiger partial charge in [0.15, 0.2) is 0 Å². The zero-order valence-electron chi connectivity index (χ0n) is 14.1. The third-order valence-corrected chi connectivity index (χ3v) is 3.69. The number of carbonyl (C=O) groups excluding carboxylic acids is 2. The van der Waals surface area contributed by atoms with Crippen molar-refractivity contribution in [3.8, 4) is 0 Å². The van der Waals surface area contributed by atoms with Crippen LogP contribution >= 0.6 is 0 Å². The minimum atomic E-state index is -0.610. The molecule has 2 unspecified atom stereocenters. The molecule has 0 aliphatic carbocycles. The minimum Gasteiger partial charge on any atom is -0.368 e. The molecule has 0 saturated heterocycles. The van der Waals surface area contributed by atoms with Crippen molar-refractivity contribution in [1.29, 1.82) is 0 Å². The molecule has 0 saturated carbocycles. The zero-order chi connectivity index (χ0) is 16.8. The number of amides is 2. The van der Waals surface area contributed by atoms with Gasteiger partial charge in [0.1, 0.15) is 6.04 Å². The Bertz CT molecular complexity index is 492. The highest BCUT2D eigenvalue weighted by Crippen LogP contribution is 2.24. The van der Waals surface area contributed by atoms with Crippen LogP contribution in [-0.2, 0) is 9.59 Å². The smallest absolute Gasteiger partial charge is 0.240 e. The van der Waals surface area contributed by atoms with E-state index in [-0.39, 0.29) is 17.2 Å². The topological polar surface area (TPSA) is 72.2 Å². The lowest BCUT2D eigenvalue weighted by molar-refractivity contribution is -0.128. The van der Waals surface area contributed by atoms with Crippen molar-refractivity contribution in [2.24, 2.45) is 11.1 Å². The number of hydrogen-bond donors (Lipinski definition) is 2. The molecule has 2 amide bonds. The number of rotatable bonds is 7. The molecule has 2 atom stereocenters. The van der Waals surface area contributed by atoms with Crippen LogP contribution in [0.15, 0.2) is 30.3 Å². The molecule has 1 rings (SSSR count). The first-order chi connectivity index (χ1) is 10.2. The second-order valence-electron chi connectivity index (χ2n) is 7.01. The molecule has 0 spiro atoms. The van der Waals surface area contributed by atoms with Gasteiger partial charge in [-0.1, -0.05) is 58.0 Å². The third kappa shape index (κ3) is 6.29. The predicted molar refractivity (Wildman–Crippen MR) is 89.3 cm³/mol. The van der Waals surface area contributed by atoms with E-state index in [1.165, 1.54) is 0 Å². The summed E-state index contributed by atoms with van der Waals surface area (Å²) < 4.78 is 0. The second-order valence-corrected chi connectivity index (χ2v) is 7.01. The first kappa shape index (κ1) is 18.2. The van der Waals surface area contributed by atoms with E-state index in [1.807, 2.05) is 51.1 Å². The summed E-state index contributed by atoms with van der Waals surface area (Å²) in [5.74, 6) is -0.441. The van der Waals surface area contributed by atoms with Crippen molar-refractivity contribution in [1.82, 2.24) is 5.32 Å². The van der Waals surface area contributed by atoms with Crippen LogP contribution in [0, 0.1) is 5.41 Å². The zero-order valence-corrected chi connectivity index (χ0v) is 14.1. The van der Waals surface area contributed by atoms with Crippen LogP contribution < -0.4 is 11.1 Å². The third-order valence-electron chi connectivity index (χ3n) is 3.69. The van der Waals surface area contributed by atoms with E-state index in [0.717, 1.165) is 12.0 Å². The van der Waals surface area contributed by atoms with E-state index in [4.69, 9.17) is 5.73 Å². The van der Waals surface area contributed by atoms with Gasteiger partial charge < -0.3 is 11.1 Å². The molecule has 1 aromatic carbocycles. The van der Waals surface area contributed by atoms with Crippen molar-refractivity contribution in [2.45, 2.75) is 58.9 Å². The average molecular weight is 304 g/mol. The van der Waals surface area contributed by atoms with Crippen LogP contribution in [0.1, 0.15) is 58.4 Å². The summed E-state index contributed by atoms with van der Waals surface area (Å²) in [5, 5.41) is 2.79. The molecule has 0 aromatic heterocycles. The quantitative estimate of drug-likeness (QED) is 0.813. The van der Waals surface area contributed by atoms with Crippen molar-refractivity contribution >= 4 is 11.8 Å². The maximum absolute atomic E-state index is 12.3. The summed E-state index contributed by atoms with van der Waals surface area (Å²) in [6.07, 6.45) is 1.78. The maximum atomic E-state index is 12.3. The fourth-order valence-corrected chi connectivity index (χ4v) is 2.54. The number of nitrogens with two attached hydrogens (primary N) is 1. The van der Waals surface area contributed by atoms with E-state index in [2.05, 4.69) is 12.2 Å². The normalized spacial score (nSPS) is 14.2. The molecular formula is C18H28N2O2. The average Bonchev–Trinajstić information content (AvgIpc) is 2.43. The lowest BCUT2D eigenvalue weighted by atomic mass is 9.87. The number of primary amides is 1. The van der Waals surface area contributed by atoms with Crippen LogP contribution in [0.5, 0.6) is 0 Å². The van der Waals surface area contributed by atoms with Gasteiger partial charge in [-0.05, 0) is 29.7 Å². The summed E-state index contributed by atoms with van der Waals surface area (Å²) in [6.45, 7) is 8.13. The van der Waals surface area contributed by atoms with Gasteiger partial charge >= 0.3 is 0 Å². The Hall–Kier alpha value is -1.84. The molecule has 0 aliphatic rings. The molecular weight excluding hydrogens is 276 g/mol. The Morgan fingerprint density at radius 1 is 1.18 bits per heavy atom. The van der Waals surface area contributed by atoms with Gasteiger partial charge in [0.2, 0.25) is 11.8 Å². The highest BCUT2D eigenvalue weighted by Gasteiger charge is 2.25. The van der Waals surface area contributed by atoms with E-state index in [1.54, 1.807) is 0 Å². The SMILES string of the molecule is CCC(CC(=O)NC(CC(C)(C)C)C(N)=O)c1ccccc1. The highest BCUT2D eigenvalue weighted by molar-refractivity contribution is 5.86. The van der Waals surface area contributed by atoms with Crippen LogP contribution in [0.3, 0.4) is 0 Å². The number of nitrogens with one attached hydrogen (secondary N) is 1. The summed E-state index contributed by atoms with van der Waals surface area (Å²) in [7, 11) is 0. The summed E-state index contributed by atoms with van der Waals surface area (Å²) in [6, 6.07) is 9.36. The van der Waals surface area contributed by atoms with Crippen molar-refractivity contribution in [3.63, 3.8) is 0 Å². The molecule has 122 valence electrons. The van der Waals surface area contributed by atoms with Gasteiger partial charge in [0.25, 0.3) is 0 Å². The largest absolute Gasteiger partial charge is 0.368 e. The van der Waals surface area contributed by atoms with Gasteiger partial charge in [-0.25, -0.2) is 0 Å². The molecule has 0 aliphatic heterocycles. The van der Waals surface area contributed by atoms with E-state index >= 15 is 0 Å². The van der Waals surface area contributed by atoms with Crippen molar-refractivity contribution in [3.05, 3.63) is 35.9 Å². The van der Waals surface area contributed by atoms with Gasteiger partial charge in [0, 0.05) is 6.42 Å². The Kier molecular flexibility index (Phi) is 6.60. The molecule has 0 fully saturated rings. The fourth-order valence-electron chi connectivity index (χ4n) is 2.54. The Labute approximate surface area is 133 Å². The fraction of sp³-hybridized carbons (Fsp3) is 0.556. The highest BCUT2D eigenvalue weighted by atomic mass is 16.2. The van der Waals surface area contributed by atoms with E-state index < -0.39 is 11.9 Å². The molecule has 4 heteroatoms. The summed E-state index contributed by atoms with van der Waals surface area (Å²) in [5.41, 5.74) is 6.49. The van der Waals surface area contributed by atoms with Gasteiger partial charge in [-0.15, -0.1) is 0 Å². The van der Waals surface area contributed by atoms with E-state index in [9.17, 15) is 9.59 Å². The van der Waals surface area contributed by atoms with Crippen LogP contribution in [0.4, 0.5) is 0 Å². The van der Waals surface area contributed by atoms with Crippen molar-refractivity contribution in [2.75, 3.05) is 0 Å². The van der Waals surface area contributed by atoms with Gasteiger partial charge in [-0.3, -0.25) is 9.59 Å². The molecule has 0 radical (unpaired) electrons. The minimum absolute atomic E-state index is 0.0729.